The number of carbonyl (C=O) groups excluding carboxylic acids is 1. The van der Waals surface area contributed by atoms with Gasteiger partial charge in [0.2, 0.25) is 0 Å². The molecule has 0 aliphatic carbocycles. The third kappa shape index (κ3) is 4.84. The van der Waals surface area contributed by atoms with Crippen LogP contribution in [0.5, 0.6) is 0 Å². The van der Waals surface area contributed by atoms with Crippen molar-refractivity contribution in [2.24, 2.45) is 0 Å². The third-order valence-corrected chi connectivity index (χ3v) is 8.75. The first-order valence-corrected chi connectivity index (χ1v) is 13.7. The van der Waals surface area contributed by atoms with E-state index >= 15 is 0 Å². The molecule has 0 N–H and O–H groups in total. The highest BCUT2D eigenvalue weighted by atomic mass is 32.2. The summed E-state index contributed by atoms with van der Waals surface area (Å²) in [6.45, 7) is 10.3. The van der Waals surface area contributed by atoms with E-state index in [9.17, 15) is 13.2 Å². The molecule has 7 nitrogen and oxygen atoms in total. The molecule has 0 spiro atoms. The summed E-state index contributed by atoms with van der Waals surface area (Å²) < 4.78 is 27.8. The van der Waals surface area contributed by atoms with Gasteiger partial charge in [0, 0.05) is 35.1 Å². The first-order valence-electron chi connectivity index (χ1n) is 10.9. The number of nitrogens with zero attached hydrogens (tertiary/aromatic N) is 4. The van der Waals surface area contributed by atoms with Crippen LogP contribution >= 0.6 is 11.8 Å². The quantitative estimate of drug-likeness (QED) is 0.272. The Balaban J connectivity index is 1.53. The van der Waals surface area contributed by atoms with Crippen LogP contribution in [-0.2, 0) is 16.4 Å². The van der Waals surface area contributed by atoms with Crippen LogP contribution in [0.4, 0.5) is 0 Å². The SMILES string of the molecule is C=CCn1c(SCC(=O)c2cc(C)n(-c3ccc(C)cc3)c2C)nnc1[C@@H]1CCS(=O)(=O)C1. The lowest BCUT2D eigenvalue weighted by Gasteiger charge is -2.11. The smallest absolute Gasteiger partial charge is 0.191 e. The zero-order valence-corrected chi connectivity index (χ0v) is 20.7. The lowest BCUT2D eigenvalue weighted by atomic mass is 10.1. The normalized spacial score (nSPS) is 17.4. The Labute approximate surface area is 198 Å². The van der Waals surface area contributed by atoms with Gasteiger partial charge in [0.25, 0.3) is 0 Å². The molecule has 1 aromatic carbocycles. The summed E-state index contributed by atoms with van der Waals surface area (Å²) in [6.07, 6.45) is 2.28. The van der Waals surface area contributed by atoms with Gasteiger partial charge in [-0.3, -0.25) is 4.79 Å². The minimum absolute atomic E-state index is 0.0182. The second-order valence-electron chi connectivity index (χ2n) is 8.51. The van der Waals surface area contributed by atoms with Crippen molar-refractivity contribution in [1.82, 2.24) is 19.3 Å². The van der Waals surface area contributed by atoms with Crippen molar-refractivity contribution in [3.05, 3.63) is 71.3 Å². The molecule has 174 valence electrons. The molecule has 1 fully saturated rings. The fraction of sp³-hybridized carbons (Fsp3) is 0.375. The molecular weight excluding hydrogens is 456 g/mol. The number of thioether (sulfide) groups is 1. The summed E-state index contributed by atoms with van der Waals surface area (Å²) in [5.41, 5.74) is 4.82. The summed E-state index contributed by atoms with van der Waals surface area (Å²) >= 11 is 1.32. The molecule has 1 atom stereocenters. The molecular formula is C24H28N4O3S2. The van der Waals surface area contributed by atoms with Gasteiger partial charge in [-0.15, -0.1) is 16.8 Å². The maximum atomic E-state index is 13.1. The number of allylic oxidation sites excluding steroid dienone is 1. The van der Waals surface area contributed by atoms with Crippen LogP contribution in [0.3, 0.4) is 0 Å². The summed E-state index contributed by atoms with van der Waals surface area (Å²) in [5.74, 6) is 0.998. The molecule has 0 saturated carbocycles. The minimum Gasteiger partial charge on any atom is -0.318 e. The van der Waals surface area contributed by atoms with Crippen LogP contribution < -0.4 is 0 Å². The van der Waals surface area contributed by atoms with E-state index < -0.39 is 9.84 Å². The van der Waals surface area contributed by atoms with Gasteiger partial charge in [0.1, 0.15) is 5.82 Å². The van der Waals surface area contributed by atoms with Crippen molar-refractivity contribution in [1.29, 1.82) is 0 Å². The van der Waals surface area contributed by atoms with E-state index in [0.29, 0.717) is 29.5 Å². The van der Waals surface area contributed by atoms with E-state index in [1.807, 2.05) is 31.4 Å². The molecule has 1 aliphatic heterocycles. The Morgan fingerprint density at radius 2 is 1.94 bits per heavy atom. The van der Waals surface area contributed by atoms with Crippen LogP contribution in [-0.4, -0.2) is 50.8 Å². The molecule has 33 heavy (non-hydrogen) atoms. The number of aromatic nitrogens is 4. The van der Waals surface area contributed by atoms with Crippen LogP contribution in [0, 0.1) is 20.8 Å². The predicted octanol–water partition coefficient (Wildman–Crippen LogP) is 4.06. The number of sulfone groups is 1. The molecule has 1 saturated heterocycles. The fourth-order valence-corrected chi connectivity index (χ4v) is 6.93. The van der Waals surface area contributed by atoms with Gasteiger partial charge in [-0.25, -0.2) is 8.42 Å². The van der Waals surface area contributed by atoms with E-state index in [2.05, 4.69) is 45.6 Å². The number of carbonyl (C=O) groups is 1. The van der Waals surface area contributed by atoms with E-state index in [0.717, 1.165) is 17.1 Å². The van der Waals surface area contributed by atoms with E-state index in [1.165, 1.54) is 17.3 Å². The Morgan fingerprint density at radius 3 is 2.58 bits per heavy atom. The standard InChI is InChI=1S/C24H28N4O3S2/c1-5-11-27-23(19-10-12-33(30,31)15-19)25-26-24(27)32-14-22(29)21-13-17(3)28(18(21)4)20-8-6-16(2)7-9-20/h5-9,13,19H,1,10-12,14-15H2,2-4H3/t19-/m1/s1. The average molecular weight is 485 g/mol. The predicted molar refractivity (Wildman–Crippen MR) is 131 cm³/mol. The highest BCUT2D eigenvalue weighted by Crippen LogP contribution is 2.31. The Hall–Kier alpha value is -2.65. The maximum absolute atomic E-state index is 13.1. The molecule has 0 radical (unpaired) electrons. The van der Waals surface area contributed by atoms with Gasteiger partial charge < -0.3 is 9.13 Å². The molecule has 3 heterocycles. The maximum Gasteiger partial charge on any atom is 0.191 e. The van der Waals surface area contributed by atoms with Gasteiger partial charge in [0.15, 0.2) is 20.8 Å². The van der Waals surface area contributed by atoms with Gasteiger partial charge >= 0.3 is 0 Å². The van der Waals surface area contributed by atoms with Crippen LogP contribution in [0.1, 0.15) is 45.5 Å². The van der Waals surface area contributed by atoms with Crippen LogP contribution in [0.2, 0.25) is 0 Å². The van der Waals surface area contributed by atoms with E-state index in [4.69, 9.17) is 0 Å². The van der Waals surface area contributed by atoms with Crippen LogP contribution in [0.15, 0.2) is 48.1 Å². The van der Waals surface area contributed by atoms with Crippen molar-refractivity contribution in [2.45, 2.75) is 44.8 Å². The highest BCUT2D eigenvalue weighted by Gasteiger charge is 2.33. The second-order valence-corrected chi connectivity index (χ2v) is 11.7. The lowest BCUT2D eigenvalue weighted by molar-refractivity contribution is 0.102. The van der Waals surface area contributed by atoms with Gasteiger partial charge in [-0.1, -0.05) is 35.5 Å². The number of benzene rings is 1. The second kappa shape index (κ2) is 9.30. The highest BCUT2D eigenvalue weighted by molar-refractivity contribution is 7.99. The summed E-state index contributed by atoms with van der Waals surface area (Å²) in [5, 5.41) is 9.16. The van der Waals surface area contributed by atoms with Crippen molar-refractivity contribution in [2.75, 3.05) is 17.3 Å². The van der Waals surface area contributed by atoms with Gasteiger partial charge in [-0.05, 0) is 45.4 Å². The number of rotatable bonds is 8. The van der Waals surface area contributed by atoms with Crippen molar-refractivity contribution >= 4 is 27.4 Å². The summed E-state index contributed by atoms with van der Waals surface area (Å²) in [4.78, 5) is 13.1. The number of Topliss-reactive ketones (excluding diaryl/α,β-unsaturated/α-hetero) is 1. The number of hydrogen-bond donors (Lipinski definition) is 0. The first kappa shape index (κ1) is 23.5. The zero-order valence-electron chi connectivity index (χ0n) is 19.1. The molecule has 9 heteroatoms. The summed E-state index contributed by atoms with van der Waals surface area (Å²) in [6, 6.07) is 10.2. The molecule has 0 amide bonds. The minimum atomic E-state index is -3.03. The summed E-state index contributed by atoms with van der Waals surface area (Å²) in [7, 11) is -3.03. The van der Waals surface area contributed by atoms with Crippen molar-refractivity contribution in [3.63, 3.8) is 0 Å². The largest absolute Gasteiger partial charge is 0.318 e. The fourth-order valence-electron chi connectivity index (χ4n) is 4.35. The monoisotopic (exact) mass is 484 g/mol. The Kier molecular flexibility index (Phi) is 6.63. The lowest BCUT2D eigenvalue weighted by Crippen LogP contribution is -2.12. The van der Waals surface area contributed by atoms with Gasteiger partial charge in [0.05, 0.1) is 17.3 Å². The Bertz CT molecular complexity index is 1300. The third-order valence-electron chi connectivity index (χ3n) is 6.01. The zero-order chi connectivity index (χ0) is 23.8. The van der Waals surface area contributed by atoms with E-state index in [-0.39, 0.29) is 29.0 Å². The van der Waals surface area contributed by atoms with E-state index in [1.54, 1.807) is 6.08 Å². The molecule has 0 unspecified atom stereocenters. The molecule has 1 aliphatic rings. The van der Waals surface area contributed by atoms with Gasteiger partial charge in [-0.2, -0.15) is 0 Å². The molecule has 0 bridgehead atoms. The Morgan fingerprint density at radius 1 is 1.21 bits per heavy atom. The molecule has 2 aromatic heterocycles. The topological polar surface area (TPSA) is 86.8 Å². The van der Waals surface area contributed by atoms with Crippen LogP contribution in [0.25, 0.3) is 5.69 Å². The number of hydrogen-bond acceptors (Lipinski definition) is 6. The average Bonchev–Trinajstić information content (AvgIpc) is 3.42. The molecule has 3 aromatic rings. The number of ketones is 1. The first-order chi connectivity index (χ1) is 15.7. The van der Waals surface area contributed by atoms with Crippen molar-refractivity contribution in [3.8, 4) is 5.69 Å². The molecule has 4 rings (SSSR count). The number of aryl methyl sites for hydroxylation is 2. The van der Waals surface area contributed by atoms with Crippen molar-refractivity contribution < 1.29 is 13.2 Å².